The Bertz CT molecular complexity index is 725. The van der Waals surface area contributed by atoms with E-state index in [-0.39, 0.29) is 31.3 Å². The third-order valence-electron chi connectivity index (χ3n) is 4.09. The molecule has 1 fully saturated rings. The molecule has 2 aromatic heterocycles. The molecule has 0 bridgehead atoms. The third-order valence-corrected chi connectivity index (χ3v) is 4.09. The predicted octanol–water partition coefficient (Wildman–Crippen LogP) is 1.68. The fraction of sp³-hybridized carbons (Fsp3) is 0.600. The summed E-state index contributed by atoms with van der Waals surface area (Å²) in [5.74, 6) is 0.191. The predicted molar refractivity (Wildman–Crippen MR) is 79.3 cm³/mol. The minimum Gasteiger partial charge on any atom is -0.337 e. The van der Waals surface area contributed by atoms with Gasteiger partial charge in [0.2, 0.25) is 11.6 Å². The van der Waals surface area contributed by atoms with Crippen LogP contribution in [0.4, 0.5) is 4.39 Å². The summed E-state index contributed by atoms with van der Waals surface area (Å²) in [4.78, 5) is 18.0. The monoisotopic (exact) mass is 321 g/mol. The lowest BCUT2D eigenvalue weighted by Crippen LogP contribution is -2.47. The highest BCUT2D eigenvalue weighted by Gasteiger charge is 2.43. The highest BCUT2D eigenvalue weighted by Crippen LogP contribution is 2.34. The van der Waals surface area contributed by atoms with Gasteiger partial charge >= 0.3 is 0 Å². The first-order chi connectivity index (χ1) is 10.9. The fourth-order valence-electron chi connectivity index (χ4n) is 2.94. The first-order valence-corrected chi connectivity index (χ1v) is 7.66. The SMILES string of the molecule is Cc1cc(C)n(CC(=O)N2CCCC(F)(c3nc(C)no3)C2)n1. The number of amides is 1. The molecular weight excluding hydrogens is 301 g/mol. The molecule has 0 spiro atoms. The van der Waals surface area contributed by atoms with E-state index in [9.17, 15) is 4.79 Å². The second kappa shape index (κ2) is 5.75. The summed E-state index contributed by atoms with van der Waals surface area (Å²) in [6.07, 6.45) is 0.832. The van der Waals surface area contributed by atoms with Crippen molar-refractivity contribution in [3.8, 4) is 0 Å². The normalized spacial score (nSPS) is 21.7. The van der Waals surface area contributed by atoms with Crippen LogP contribution in [0, 0.1) is 20.8 Å². The number of likely N-dealkylation sites (tertiary alicyclic amines) is 1. The third kappa shape index (κ3) is 3.11. The summed E-state index contributed by atoms with van der Waals surface area (Å²) in [5.41, 5.74) is -0.00781. The number of hydrogen-bond donors (Lipinski definition) is 0. The van der Waals surface area contributed by atoms with Gasteiger partial charge in [0.1, 0.15) is 6.54 Å². The maximum atomic E-state index is 15.1. The van der Waals surface area contributed by atoms with Crippen LogP contribution in [0.2, 0.25) is 0 Å². The van der Waals surface area contributed by atoms with Crippen molar-refractivity contribution in [1.82, 2.24) is 24.8 Å². The second-order valence-corrected chi connectivity index (χ2v) is 6.12. The number of nitrogens with zero attached hydrogens (tertiary/aromatic N) is 5. The Hall–Kier alpha value is -2.25. The van der Waals surface area contributed by atoms with E-state index >= 15 is 4.39 Å². The van der Waals surface area contributed by atoms with Crippen LogP contribution < -0.4 is 0 Å². The van der Waals surface area contributed by atoms with Crippen LogP contribution >= 0.6 is 0 Å². The average Bonchev–Trinajstić information content (AvgIpc) is 3.05. The molecule has 7 nitrogen and oxygen atoms in total. The lowest BCUT2D eigenvalue weighted by Gasteiger charge is -2.35. The van der Waals surface area contributed by atoms with Crippen molar-refractivity contribution in [3.63, 3.8) is 0 Å². The highest BCUT2D eigenvalue weighted by atomic mass is 19.1. The van der Waals surface area contributed by atoms with E-state index in [1.807, 2.05) is 19.9 Å². The van der Waals surface area contributed by atoms with Crippen LogP contribution in [-0.4, -0.2) is 43.8 Å². The van der Waals surface area contributed by atoms with E-state index < -0.39 is 5.67 Å². The van der Waals surface area contributed by atoms with Crippen LogP contribution in [0.5, 0.6) is 0 Å². The number of rotatable bonds is 3. The van der Waals surface area contributed by atoms with Crippen LogP contribution in [0.15, 0.2) is 10.6 Å². The molecule has 0 saturated carbocycles. The molecule has 2 aromatic rings. The average molecular weight is 321 g/mol. The van der Waals surface area contributed by atoms with Crippen molar-refractivity contribution < 1.29 is 13.7 Å². The van der Waals surface area contributed by atoms with Crippen LogP contribution in [0.25, 0.3) is 0 Å². The Kier molecular flexibility index (Phi) is 3.91. The van der Waals surface area contributed by atoms with Gasteiger partial charge in [-0.25, -0.2) is 4.39 Å². The van der Waals surface area contributed by atoms with Gasteiger partial charge in [0, 0.05) is 12.2 Å². The summed E-state index contributed by atoms with van der Waals surface area (Å²) >= 11 is 0. The van der Waals surface area contributed by atoms with Crippen molar-refractivity contribution in [3.05, 3.63) is 29.2 Å². The molecule has 3 rings (SSSR count). The van der Waals surface area contributed by atoms with Crippen LogP contribution in [0.1, 0.15) is 35.9 Å². The maximum Gasteiger partial charge on any atom is 0.266 e. The molecular formula is C15H20FN5O2. The smallest absolute Gasteiger partial charge is 0.266 e. The fourth-order valence-corrected chi connectivity index (χ4v) is 2.94. The Morgan fingerprint density at radius 1 is 1.43 bits per heavy atom. The molecule has 1 aliphatic heterocycles. The first kappa shape index (κ1) is 15.6. The minimum atomic E-state index is -1.77. The van der Waals surface area contributed by atoms with Gasteiger partial charge in [-0.3, -0.25) is 9.48 Å². The van der Waals surface area contributed by atoms with Gasteiger partial charge in [-0.15, -0.1) is 0 Å². The molecule has 0 radical (unpaired) electrons. The van der Waals surface area contributed by atoms with Crippen molar-refractivity contribution in [2.45, 2.75) is 45.8 Å². The first-order valence-electron chi connectivity index (χ1n) is 7.66. The maximum absolute atomic E-state index is 15.1. The number of halogens is 1. The van der Waals surface area contributed by atoms with Gasteiger partial charge in [-0.05, 0) is 39.7 Å². The Balaban J connectivity index is 1.73. The molecule has 1 atom stereocenters. The summed E-state index contributed by atoms with van der Waals surface area (Å²) in [6.45, 7) is 5.98. The molecule has 8 heteroatoms. The topological polar surface area (TPSA) is 77.0 Å². The van der Waals surface area contributed by atoms with Crippen molar-refractivity contribution >= 4 is 5.91 Å². The van der Waals surface area contributed by atoms with Gasteiger partial charge in [0.15, 0.2) is 5.82 Å². The molecule has 0 aliphatic carbocycles. The molecule has 0 N–H and O–H groups in total. The van der Waals surface area contributed by atoms with Gasteiger partial charge in [0.05, 0.1) is 12.2 Å². The highest BCUT2D eigenvalue weighted by molar-refractivity contribution is 5.76. The zero-order chi connectivity index (χ0) is 16.6. The summed E-state index contributed by atoms with van der Waals surface area (Å²) < 4.78 is 21.8. The van der Waals surface area contributed by atoms with Crippen LogP contribution in [0.3, 0.4) is 0 Å². The zero-order valence-corrected chi connectivity index (χ0v) is 13.5. The number of carbonyl (C=O) groups is 1. The molecule has 0 aromatic carbocycles. The lowest BCUT2D eigenvalue weighted by molar-refractivity contribution is -0.137. The zero-order valence-electron chi connectivity index (χ0n) is 13.5. The quantitative estimate of drug-likeness (QED) is 0.859. The summed E-state index contributed by atoms with van der Waals surface area (Å²) in [6, 6.07) is 1.91. The number of piperidine rings is 1. The summed E-state index contributed by atoms with van der Waals surface area (Å²) in [5, 5.41) is 7.92. The molecule has 124 valence electrons. The number of alkyl halides is 1. The lowest BCUT2D eigenvalue weighted by atomic mass is 9.94. The van der Waals surface area contributed by atoms with E-state index in [0.717, 1.165) is 11.4 Å². The minimum absolute atomic E-state index is 0.0429. The number of aryl methyl sites for hydroxylation is 3. The van der Waals surface area contributed by atoms with Gasteiger partial charge in [-0.1, -0.05) is 5.16 Å². The van der Waals surface area contributed by atoms with Crippen molar-refractivity contribution in [2.24, 2.45) is 0 Å². The van der Waals surface area contributed by atoms with E-state index in [1.165, 1.54) is 4.90 Å². The Morgan fingerprint density at radius 2 is 2.22 bits per heavy atom. The molecule has 3 heterocycles. The number of aromatic nitrogens is 4. The van der Waals surface area contributed by atoms with Gasteiger partial charge < -0.3 is 9.42 Å². The Labute approximate surface area is 133 Å². The van der Waals surface area contributed by atoms with Crippen molar-refractivity contribution in [1.29, 1.82) is 0 Å². The molecule has 1 aliphatic rings. The van der Waals surface area contributed by atoms with E-state index in [1.54, 1.807) is 11.6 Å². The van der Waals surface area contributed by atoms with Crippen molar-refractivity contribution in [2.75, 3.05) is 13.1 Å². The largest absolute Gasteiger partial charge is 0.337 e. The van der Waals surface area contributed by atoms with Gasteiger partial charge in [0.25, 0.3) is 5.89 Å². The van der Waals surface area contributed by atoms with E-state index in [4.69, 9.17) is 4.52 Å². The standard InChI is InChI=1S/C15H20FN5O2/c1-10-7-11(2)21(18-10)8-13(22)20-6-4-5-15(16,9-20)14-17-12(3)19-23-14/h7H,4-6,8-9H2,1-3H3. The second-order valence-electron chi connectivity index (χ2n) is 6.12. The van der Waals surface area contributed by atoms with Crippen LogP contribution in [-0.2, 0) is 17.0 Å². The number of hydrogen-bond acceptors (Lipinski definition) is 5. The molecule has 1 amide bonds. The molecule has 23 heavy (non-hydrogen) atoms. The number of carbonyl (C=O) groups excluding carboxylic acids is 1. The Morgan fingerprint density at radius 3 is 2.83 bits per heavy atom. The summed E-state index contributed by atoms with van der Waals surface area (Å²) in [7, 11) is 0. The van der Waals surface area contributed by atoms with Gasteiger partial charge in [-0.2, -0.15) is 10.1 Å². The van der Waals surface area contributed by atoms with E-state index in [0.29, 0.717) is 18.8 Å². The van der Waals surface area contributed by atoms with E-state index in [2.05, 4.69) is 15.2 Å². The molecule has 1 saturated heterocycles. The molecule has 1 unspecified atom stereocenters.